The molecule has 3 aromatic carbocycles. The summed E-state index contributed by atoms with van der Waals surface area (Å²) in [6, 6.07) is 23.3. The number of Topliss-reactive ketones (excluding diaryl/α,β-unsaturated/α-hetero) is 1. The molecule has 0 aromatic heterocycles. The molecule has 2 amide bonds. The molecule has 0 radical (unpaired) electrons. The van der Waals surface area contributed by atoms with Crippen LogP contribution in [-0.2, 0) is 29.4 Å². The number of amides is 2. The van der Waals surface area contributed by atoms with Gasteiger partial charge in [-0.1, -0.05) is 84.8 Å². The number of carbonyl (C=O) groups excluding carboxylic acids is 4. The molecule has 1 saturated heterocycles. The number of ether oxygens (including phenoxy) is 1. The normalized spacial score (nSPS) is 27.2. The first-order valence-corrected chi connectivity index (χ1v) is 17.2. The number of aliphatic carboxylic acids is 1. The van der Waals surface area contributed by atoms with Gasteiger partial charge in [0.05, 0.1) is 24.4 Å². The molecule has 0 spiro atoms. The maximum absolute atomic E-state index is 15.1. The van der Waals surface area contributed by atoms with E-state index in [1.807, 2.05) is 54.6 Å². The van der Waals surface area contributed by atoms with E-state index < -0.39 is 41.0 Å². The molecule has 9 heteroatoms. The Morgan fingerprint density at radius 2 is 1.62 bits per heavy atom. The lowest BCUT2D eigenvalue weighted by atomic mass is 9.44. The highest BCUT2D eigenvalue weighted by molar-refractivity contribution is 6.31. The number of phenols is 1. The van der Waals surface area contributed by atoms with Gasteiger partial charge in [-0.25, -0.2) is 0 Å². The first-order valence-electron chi connectivity index (χ1n) is 17.2. The van der Waals surface area contributed by atoms with Gasteiger partial charge in [0, 0.05) is 42.0 Å². The number of carboxylic acids is 1. The Bertz CT molecular complexity index is 1930. The van der Waals surface area contributed by atoms with Crippen molar-refractivity contribution < 1.29 is 38.9 Å². The molecular formula is C41H39NO8. The van der Waals surface area contributed by atoms with Crippen LogP contribution >= 0.6 is 0 Å². The van der Waals surface area contributed by atoms with Crippen molar-refractivity contribution in [3.63, 3.8) is 0 Å². The predicted molar refractivity (Wildman–Crippen MR) is 184 cm³/mol. The number of carbonyl (C=O) groups is 5. The molecule has 1 aliphatic heterocycles. The summed E-state index contributed by atoms with van der Waals surface area (Å²) in [4.78, 5) is 70.3. The summed E-state index contributed by atoms with van der Waals surface area (Å²) in [5, 5.41) is 20.6. The molecule has 7 rings (SSSR count). The van der Waals surface area contributed by atoms with E-state index in [0.717, 1.165) is 5.57 Å². The van der Waals surface area contributed by atoms with Crippen LogP contribution in [0.15, 0.2) is 96.6 Å². The molecule has 50 heavy (non-hydrogen) atoms. The van der Waals surface area contributed by atoms with Crippen molar-refractivity contribution in [2.24, 2.45) is 23.7 Å². The maximum Gasteiger partial charge on any atom is 0.303 e. The second-order valence-electron chi connectivity index (χ2n) is 13.7. The van der Waals surface area contributed by atoms with Gasteiger partial charge in [0.2, 0.25) is 11.8 Å². The van der Waals surface area contributed by atoms with Crippen LogP contribution in [0.5, 0.6) is 11.5 Å². The Labute approximate surface area is 290 Å². The topological polar surface area (TPSA) is 138 Å². The number of hydrogen-bond acceptors (Lipinski definition) is 7. The van der Waals surface area contributed by atoms with Crippen LogP contribution in [-0.4, -0.2) is 58.1 Å². The lowest BCUT2D eigenvalue weighted by molar-refractivity contribution is -0.141. The molecule has 256 valence electrons. The highest BCUT2D eigenvalue weighted by Gasteiger charge is 2.66. The van der Waals surface area contributed by atoms with Gasteiger partial charge in [-0.15, -0.1) is 0 Å². The van der Waals surface area contributed by atoms with Crippen molar-refractivity contribution in [2.75, 3.05) is 13.7 Å². The minimum Gasteiger partial charge on any atom is -0.508 e. The van der Waals surface area contributed by atoms with Crippen molar-refractivity contribution >= 4 is 34.9 Å². The molecule has 3 aromatic rings. The summed E-state index contributed by atoms with van der Waals surface area (Å²) >= 11 is 0. The third-order valence-electron chi connectivity index (χ3n) is 11.3. The van der Waals surface area contributed by atoms with E-state index in [9.17, 15) is 24.3 Å². The molecule has 1 heterocycles. The zero-order chi connectivity index (χ0) is 35.2. The molecule has 2 fully saturated rings. The average Bonchev–Trinajstić information content (AvgIpc) is 3.37. The summed E-state index contributed by atoms with van der Waals surface area (Å²) in [5.74, 6) is -5.19. The quantitative estimate of drug-likeness (QED) is 0.155. The largest absolute Gasteiger partial charge is 0.508 e. The zero-order valence-corrected chi connectivity index (χ0v) is 27.8. The zero-order valence-electron chi connectivity index (χ0n) is 27.8. The number of ketones is 2. The van der Waals surface area contributed by atoms with E-state index in [-0.39, 0.29) is 54.9 Å². The predicted octanol–water partition coefficient (Wildman–Crippen LogP) is 5.87. The number of unbranched alkanes of at least 4 members (excludes halogenated alkanes) is 2. The van der Waals surface area contributed by atoms with Crippen LogP contribution < -0.4 is 4.74 Å². The van der Waals surface area contributed by atoms with Crippen molar-refractivity contribution in [1.29, 1.82) is 0 Å². The van der Waals surface area contributed by atoms with E-state index in [1.165, 1.54) is 24.2 Å². The van der Waals surface area contributed by atoms with E-state index in [4.69, 9.17) is 9.84 Å². The molecule has 3 aliphatic carbocycles. The fourth-order valence-electron chi connectivity index (χ4n) is 9.12. The number of phenolic OH excluding ortho intramolecular Hbond substituents is 1. The van der Waals surface area contributed by atoms with E-state index >= 15 is 4.79 Å². The number of carboxylic acid groups (broad SMARTS) is 1. The van der Waals surface area contributed by atoms with Gasteiger partial charge in [-0.05, 0) is 54.9 Å². The summed E-state index contributed by atoms with van der Waals surface area (Å²) < 4.78 is 5.39. The van der Waals surface area contributed by atoms with Gasteiger partial charge in [0.25, 0.3) is 0 Å². The Kier molecular flexibility index (Phi) is 8.76. The number of methoxy groups -OCH3 is 1. The van der Waals surface area contributed by atoms with Gasteiger partial charge in [-0.2, -0.15) is 0 Å². The lowest BCUT2D eigenvalue weighted by Gasteiger charge is -2.55. The van der Waals surface area contributed by atoms with Crippen molar-refractivity contribution in [1.82, 2.24) is 4.90 Å². The summed E-state index contributed by atoms with van der Waals surface area (Å²) in [7, 11) is 1.50. The number of rotatable bonds is 10. The Morgan fingerprint density at radius 3 is 2.30 bits per heavy atom. The molecular weight excluding hydrogens is 634 g/mol. The molecule has 2 N–H and O–H groups in total. The monoisotopic (exact) mass is 673 g/mol. The second-order valence-corrected chi connectivity index (χ2v) is 13.7. The number of allylic oxidation sites excluding steroid dienone is 4. The summed E-state index contributed by atoms with van der Waals surface area (Å²) in [5.41, 5.74) is 1.35. The number of imide groups is 1. The number of likely N-dealkylation sites (tertiary alicyclic amines) is 1. The first-order chi connectivity index (χ1) is 24.2. The van der Waals surface area contributed by atoms with E-state index in [1.54, 1.807) is 24.3 Å². The van der Waals surface area contributed by atoms with Gasteiger partial charge in [-0.3, -0.25) is 28.9 Å². The van der Waals surface area contributed by atoms with Gasteiger partial charge in [0.15, 0.2) is 11.6 Å². The minimum absolute atomic E-state index is 0.0266. The van der Waals surface area contributed by atoms with Crippen LogP contribution in [0.25, 0.3) is 5.57 Å². The van der Waals surface area contributed by atoms with Crippen LogP contribution in [0.3, 0.4) is 0 Å². The number of hydrogen-bond donors (Lipinski definition) is 2. The van der Waals surface area contributed by atoms with Crippen molar-refractivity contribution in [2.45, 2.75) is 49.9 Å². The molecule has 9 nitrogen and oxygen atoms in total. The second kappa shape index (κ2) is 13.2. The van der Waals surface area contributed by atoms with Crippen molar-refractivity contribution in [3.8, 4) is 11.5 Å². The van der Waals surface area contributed by atoms with Crippen LogP contribution in [0.2, 0.25) is 0 Å². The Morgan fingerprint density at radius 1 is 0.900 bits per heavy atom. The number of aromatic hydroxyl groups is 1. The number of fused-ring (bicyclic) bond motifs is 4. The summed E-state index contributed by atoms with van der Waals surface area (Å²) in [6.45, 7) is 0.199. The number of benzene rings is 3. The first kappa shape index (κ1) is 33.2. The molecule has 0 bridgehead atoms. The Hall–Kier alpha value is -5.31. The Balaban J connectivity index is 1.38. The highest BCUT2D eigenvalue weighted by Crippen LogP contribution is 2.64. The standard InChI is InChI=1S/C41H39NO8/c1-50-26-16-17-28(33(43)21-26)37-27-18-19-29-36(40(49)42(39(29)48)20-10-4-9-15-35(45)46)31(27)22-32-38(47)30(24-11-5-2-6-12-24)23-34(44)41(32,37)25-13-7-3-8-14-25/h2-3,5-8,11-14,16-18,21,23,29,31-32,36-37,43H,4,9-10,15,19-20,22H2,1H3,(H,45,46)/t29-,31+,32-,36-,37+,41-/m0/s1. The van der Waals surface area contributed by atoms with Crippen LogP contribution in [0, 0.1) is 23.7 Å². The molecule has 4 aliphatic rings. The fraction of sp³-hybridized carbons (Fsp3) is 0.341. The third kappa shape index (κ3) is 5.27. The lowest BCUT2D eigenvalue weighted by Crippen LogP contribution is -2.58. The maximum atomic E-state index is 15.1. The average molecular weight is 674 g/mol. The number of nitrogens with zero attached hydrogens (tertiary/aromatic N) is 1. The highest BCUT2D eigenvalue weighted by atomic mass is 16.5. The van der Waals surface area contributed by atoms with E-state index in [0.29, 0.717) is 47.3 Å². The van der Waals surface area contributed by atoms with Crippen molar-refractivity contribution in [3.05, 3.63) is 113 Å². The molecule has 1 saturated carbocycles. The molecule has 0 unspecified atom stereocenters. The summed E-state index contributed by atoms with van der Waals surface area (Å²) in [6.07, 6.45) is 5.43. The van der Waals surface area contributed by atoms with Gasteiger partial charge < -0.3 is 14.9 Å². The smallest absolute Gasteiger partial charge is 0.303 e. The SMILES string of the molecule is COc1ccc([C@H]2C3=CC[C@@H]4C(=O)N(CCCCCC(=O)O)C(=O)[C@@H]4[C@@H]3C[C@H]3C(=O)C(c4ccccc4)=CC(=O)[C@@]23c2ccccc2)c(O)c1. The minimum atomic E-state index is -1.44. The molecule has 6 atom stereocenters. The van der Waals surface area contributed by atoms with Gasteiger partial charge in [0.1, 0.15) is 11.5 Å². The fourth-order valence-corrected chi connectivity index (χ4v) is 9.12. The van der Waals surface area contributed by atoms with E-state index in [2.05, 4.69) is 0 Å². The van der Waals surface area contributed by atoms with Crippen LogP contribution in [0.4, 0.5) is 0 Å². The van der Waals surface area contributed by atoms with Crippen LogP contribution in [0.1, 0.15) is 61.1 Å². The third-order valence-corrected chi connectivity index (χ3v) is 11.3. The van der Waals surface area contributed by atoms with Gasteiger partial charge >= 0.3 is 5.97 Å².